The Morgan fingerprint density at radius 3 is 1.25 bits per heavy atom. The molecular weight excluding hydrogens is 448 g/mol. The number of hydrogen-bond acceptors (Lipinski definition) is 4. The summed E-state index contributed by atoms with van der Waals surface area (Å²) in [5.74, 6) is 3.11. The van der Waals surface area contributed by atoms with Gasteiger partial charge in [-0.15, -0.1) is 0 Å². The molecule has 0 aliphatic rings. The molecule has 0 unspecified atom stereocenters. The Bertz CT molecular complexity index is 1290. The smallest absolute Gasteiger partial charge is 0.161 e. The van der Waals surface area contributed by atoms with E-state index in [1.165, 1.54) is 49.3 Å². The predicted octanol–water partition coefficient (Wildman–Crippen LogP) is 9.08. The molecule has 0 atom stereocenters. The van der Waals surface area contributed by atoms with Crippen LogP contribution in [0.1, 0.15) is 65.2 Å². The molecule has 0 aromatic heterocycles. The van der Waals surface area contributed by atoms with E-state index in [1.807, 2.05) is 0 Å². The van der Waals surface area contributed by atoms with E-state index in [2.05, 4.69) is 62.4 Å². The van der Waals surface area contributed by atoms with Crippen LogP contribution in [0, 0.1) is 0 Å². The summed E-state index contributed by atoms with van der Waals surface area (Å²) in [5.41, 5.74) is 0. The minimum Gasteiger partial charge on any atom is -0.493 e. The SMILES string of the molecule is CCCCCCOc1cc2c3ccccc3c3cc(OC)c(OC)cc3c2cc1OCCCCCC. The highest BCUT2D eigenvalue weighted by molar-refractivity contribution is 6.26. The second kappa shape index (κ2) is 12.7. The number of methoxy groups -OCH3 is 2. The van der Waals surface area contributed by atoms with E-state index in [0.29, 0.717) is 13.2 Å². The third kappa shape index (κ3) is 5.64. The molecule has 4 nitrogen and oxygen atoms in total. The van der Waals surface area contributed by atoms with Crippen molar-refractivity contribution in [1.29, 1.82) is 0 Å². The van der Waals surface area contributed by atoms with Crippen molar-refractivity contribution in [3.8, 4) is 23.0 Å². The minimum absolute atomic E-state index is 0.695. The molecule has 4 aromatic carbocycles. The number of hydrogen-bond donors (Lipinski definition) is 0. The summed E-state index contributed by atoms with van der Waals surface area (Å²) in [6.45, 7) is 5.86. The van der Waals surface area contributed by atoms with Gasteiger partial charge in [0.1, 0.15) is 0 Å². The van der Waals surface area contributed by atoms with E-state index in [4.69, 9.17) is 18.9 Å². The maximum Gasteiger partial charge on any atom is 0.161 e. The van der Waals surface area contributed by atoms with Crippen LogP contribution in [0.15, 0.2) is 48.5 Å². The molecule has 4 heteroatoms. The van der Waals surface area contributed by atoms with Crippen LogP contribution in [0.5, 0.6) is 23.0 Å². The molecule has 192 valence electrons. The quantitative estimate of drug-likeness (QED) is 0.131. The zero-order valence-electron chi connectivity index (χ0n) is 22.3. The first-order chi connectivity index (χ1) is 17.7. The maximum atomic E-state index is 6.35. The number of unbranched alkanes of at least 4 members (excludes halogenated alkanes) is 6. The first kappa shape index (κ1) is 25.9. The van der Waals surface area contributed by atoms with E-state index in [-0.39, 0.29) is 0 Å². The lowest BCUT2D eigenvalue weighted by Crippen LogP contribution is -2.03. The van der Waals surface area contributed by atoms with Gasteiger partial charge in [0, 0.05) is 0 Å². The Kier molecular flexibility index (Phi) is 9.16. The lowest BCUT2D eigenvalue weighted by molar-refractivity contribution is 0.259. The summed E-state index contributed by atoms with van der Waals surface area (Å²) in [4.78, 5) is 0. The van der Waals surface area contributed by atoms with Crippen LogP contribution in [0.2, 0.25) is 0 Å². The van der Waals surface area contributed by atoms with Crippen molar-refractivity contribution >= 4 is 32.3 Å². The van der Waals surface area contributed by atoms with Crippen LogP contribution < -0.4 is 18.9 Å². The fourth-order valence-electron chi connectivity index (χ4n) is 4.93. The van der Waals surface area contributed by atoms with Gasteiger partial charge in [-0.25, -0.2) is 0 Å². The van der Waals surface area contributed by atoms with E-state index in [9.17, 15) is 0 Å². The molecule has 0 fully saturated rings. The van der Waals surface area contributed by atoms with Crippen LogP contribution >= 0.6 is 0 Å². The normalized spacial score (nSPS) is 11.3. The number of rotatable bonds is 14. The largest absolute Gasteiger partial charge is 0.493 e. The lowest BCUT2D eigenvalue weighted by Gasteiger charge is -2.18. The molecule has 36 heavy (non-hydrogen) atoms. The van der Waals surface area contributed by atoms with Gasteiger partial charge in [0.05, 0.1) is 27.4 Å². The van der Waals surface area contributed by atoms with Crippen LogP contribution in [-0.2, 0) is 0 Å². The van der Waals surface area contributed by atoms with Crippen LogP contribution in [0.4, 0.5) is 0 Å². The first-order valence-corrected chi connectivity index (χ1v) is 13.5. The molecule has 4 rings (SSSR count). The monoisotopic (exact) mass is 488 g/mol. The third-order valence-corrected chi connectivity index (χ3v) is 6.92. The Balaban J connectivity index is 1.85. The van der Waals surface area contributed by atoms with Gasteiger partial charge in [-0.2, -0.15) is 0 Å². The molecule has 0 aliphatic carbocycles. The predicted molar refractivity (Wildman–Crippen MR) is 151 cm³/mol. The highest BCUT2D eigenvalue weighted by atomic mass is 16.5. The van der Waals surface area contributed by atoms with Gasteiger partial charge in [-0.05, 0) is 69.4 Å². The van der Waals surface area contributed by atoms with Crippen molar-refractivity contribution in [1.82, 2.24) is 0 Å². The lowest BCUT2D eigenvalue weighted by atomic mass is 9.93. The highest BCUT2D eigenvalue weighted by Gasteiger charge is 2.17. The van der Waals surface area contributed by atoms with E-state index in [1.54, 1.807) is 14.2 Å². The Morgan fingerprint density at radius 2 is 0.861 bits per heavy atom. The molecule has 0 heterocycles. The Morgan fingerprint density at radius 1 is 0.472 bits per heavy atom. The second-order valence-corrected chi connectivity index (χ2v) is 9.46. The molecule has 0 bridgehead atoms. The molecule has 0 N–H and O–H groups in total. The molecule has 0 aliphatic heterocycles. The number of ether oxygens (including phenoxy) is 4. The van der Waals surface area contributed by atoms with Crippen LogP contribution in [-0.4, -0.2) is 27.4 Å². The molecule has 0 radical (unpaired) electrons. The topological polar surface area (TPSA) is 36.9 Å². The second-order valence-electron chi connectivity index (χ2n) is 9.46. The molecule has 4 aromatic rings. The third-order valence-electron chi connectivity index (χ3n) is 6.92. The molecule has 0 saturated carbocycles. The zero-order valence-corrected chi connectivity index (χ0v) is 22.3. The van der Waals surface area contributed by atoms with E-state index in [0.717, 1.165) is 57.4 Å². The first-order valence-electron chi connectivity index (χ1n) is 13.5. The summed E-state index contributed by atoms with van der Waals surface area (Å²) in [5, 5.41) is 6.92. The molecule has 0 spiro atoms. The maximum absolute atomic E-state index is 6.35. The Hall–Kier alpha value is -3.14. The Labute approximate surface area is 215 Å². The standard InChI is InChI=1S/C32H40O4/c1-5-7-9-13-17-35-31-21-26-24-16-12-11-15-23(24)25-19-29(33-3)30(34-4)20-27(25)28(26)22-32(31)36-18-14-10-8-6-2/h11-12,15-16,19-22H,5-10,13-14,17-18H2,1-4H3. The number of fused-ring (bicyclic) bond motifs is 6. The average molecular weight is 489 g/mol. The molecular formula is C32H40O4. The summed E-state index contributed by atoms with van der Waals surface area (Å²) in [7, 11) is 3.36. The fourth-order valence-corrected chi connectivity index (χ4v) is 4.93. The van der Waals surface area contributed by atoms with Crippen LogP contribution in [0.3, 0.4) is 0 Å². The summed E-state index contributed by atoms with van der Waals surface area (Å²) < 4.78 is 24.0. The van der Waals surface area contributed by atoms with Crippen molar-refractivity contribution in [3.63, 3.8) is 0 Å². The van der Waals surface area contributed by atoms with Crippen molar-refractivity contribution in [3.05, 3.63) is 48.5 Å². The van der Waals surface area contributed by atoms with Crippen molar-refractivity contribution in [2.45, 2.75) is 65.2 Å². The van der Waals surface area contributed by atoms with Crippen LogP contribution in [0.25, 0.3) is 32.3 Å². The minimum atomic E-state index is 0.695. The van der Waals surface area contributed by atoms with E-state index < -0.39 is 0 Å². The molecule has 0 amide bonds. The summed E-state index contributed by atoms with van der Waals surface area (Å²) >= 11 is 0. The summed E-state index contributed by atoms with van der Waals surface area (Å²) in [6, 6.07) is 17.0. The van der Waals surface area contributed by atoms with E-state index >= 15 is 0 Å². The average Bonchev–Trinajstić information content (AvgIpc) is 2.92. The van der Waals surface area contributed by atoms with Gasteiger partial charge < -0.3 is 18.9 Å². The van der Waals surface area contributed by atoms with Gasteiger partial charge in [0.2, 0.25) is 0 Å². The summed E-state index contributed by atoms with van der Waals surface area (Å²) in [6.07, 6.45) is 9.38. The van der Waals surface area contributed by atoms with Gasteiger partial charge in [0.15, 0.2) is 23.0 Å². The fraction of sp³-hybridized carbons (Fsp3) is 0.438. The van der Waals surface area contributed by atoms with Crippen molar-refractivity contribution in [2.24, 2.45) is 0 Å². The van der Waals surface area contributed by atoms with Gasteiger partial charge >= 0.3 is 0 Å². The van der Waals surface area contributed by atoms with Crippen molar-refractivity contribution < 1.29 is 18.9 Å². The zero-order chi connectivity index (χ0) is 25.3. The molecule has 0 saturated heterocycles. The van der Waals surface area contributed by atoms with Crippen molar-refractivity contribution in [2.75, 3.05) is 27.4 Å². The van der Waals surface area contributed by atoms with Gasteiger partial charge in [-0.3, -0.25) is 0 Å². The number of benzene rings is 4. The van der Waals surface area contributed by atoms with Gasteiger partial charge in [-0.1, -0.05) is 76.6 Å². The highest BCUT2D eigenvalue weighted by Crippen LogP contribution is 2.44. The van der Waals surface area contributed by atoms with Gasteiger partial charge in [0.25, 0.3) is 0 Å².